The van der Waals surface area contributed by atoms with E-state index in [1.54, 1.807) is 25.7 Å². The van der Waals surface area contributed by atoms with Gasteiger partial charge in [-0.1, -0.05) is 38.5 Å². The van der Waals surface area contributed by atoms with Crippen molar-refractivity contribution in [2.24, 2.45) is 0 Å². The third kappa shape index (κ3) is 1.64. The Labute approximate surface area is 89.0 Å². The van der Waals surface area contributed by atoms with Gasteiger partial charge in [0.2, 0.25) is 0 Å². The third-order valence-electron chi connectivity index (χ3n) is 4.73. The molecule has 0 aromatic heterocycles. The quantitative estimate of drug-likeness (QED) is 0.457. The summed E-state index contributed by atoms with van der Waals surface area (Å²) >= 11 is 0. The van der Waals surface area contributed by atoms with Gasteiger partial charge in [0.25, 0.3) is 0 Å². The molecule has 0 nitrogen and oxygen atoms in total. The molecule has 0 aliphatic carbocycles. The fourth-order valence-electron chi connectivity index (χ4n) is 3.68. The van der Waals surface area contributed by atoms with Crippen molar-refractivity contribution in [2.75, 3.05) is 0 Å². The van der Waals surface area contributed by atoms with Crippen molar-refractivity contribution in [3.8, 4) is 0 Å². The van der Waals surface area contributed by atoms with Crippen molar-refractivity contribution in [2.45, 2.75) is 63.8 Å². The van der Waals surface area contributed by atoms with E-state index in [4.69, 9.17) is 0 Å². The van der Waals surface area contributed by atoms with Crippen LogP contribution in [-0.2, 0) is 0 Å². The molecule has 2 rings (SSSR count). The molecule has 0 spiro atoms. The molecule has 0 aromatic carbocycles. The third-order valence-corrected chi connectivity index (χ3v) is 4.73. The van der Waals surface area contributed by atoms with Gasteiger partial charge in [0, 0.05) is 6.15 Å². The normalized spacial score (nSPS) is 38.5. The molecule has 12 heavy (non-hydrogen) atoms. The van der Waals surface area contributed by atoms with E-state index in [1.807, 2.05) is 0 Å². The van der Waals surface area contributed by atoms with Gasteiger partial charge >= 0.3 is 18.9 Å². The molecule has 2 bridgehead atoms. The number of fused-ring (bicyclic) bond motifs is 2. The van der Waals surface area contributed by atoms with Crippen molar-refractivity contribution in [1.29, 1.82) is 0 Å². The molecule has 0 saturated carbocycles. The minimum Gasteiger partial charge on any atom is -0.190 e. The topological polar surface area (TPSA) is 0 Å². The van der Waals surface area contributed by atoms with Crippen molar-refractivity contribution >= 4 is 6.15 Å². The zero-order valence-corrected chi connectivity index (χ0v) is 8.97. The van der Waals surface area contributed by atoms with E-state index >= 15 is 0 Å². The van der Waals surface area contributed by atoms with E-state index in [2.05, 4.69) is 13.6 Å². The van der Waals surface area contributed by atoms with Gasteiger partial charge in [0.1, 0.15) is 0 Å². The van der Waals surface area contributed by atoms with Crippen LogP contribution in [0.15, 0.2) is 0 Å². The first-order valence-electron chi connectivity index (χ1n) is 5.45. The molecule has 0 radical (unpaired) electrons. The van der Waals surface area contributed by atoms with Crippen LogP contribution < -0.4 is 18.9 Å². The van der Waals surface area contributed by atoms with E-state index in [9.17, 15) is 0 Å². The monoisotopic (exact) mass is 158 g/mol. The van der Waals surface area contributed by atoms with E-state index in [1.165, 1.54) is 12.8 Å². The summed E-state index contributed by atoms with van der Waals surface area (Å²) < 4.78 is 0. The Balaban J connectivity index is 0.000000720. The van der Waals surface area contributed by atoms with Crippen molar-refractivity contribution in [1.82, 2.24) is 0 Å². The Kier molecular flexibility index (Phi) is 3.41. The Hall–Kier alpha value is 0.662. The predicted molar refractivity (Wildman–Crippen MR) is 52.7 cm³/mol. The van der Waals surface area contributed by atoms with Crippen LogP contribution in [0.1, 0.15) is 38.5 Å². The molecule has 2 aliphatic heterocycles. The standard InChI is InChI=1S/C10H20B.Li/c1-11(2)9-5-3-6-10(11)8-4-7-9;/h9-10H,3-8H2,1-2H3;/q-1;+1. The SMILES string of the molecule is C[B-]1(C)C2CCCC1CCC2.[Li+]. The first-order chi connectivity index (χ1) is 5.21. The van der Waals surface area contributed by atoms with Crippen LogP contribution in [0.5, 0.6) is 0 Å². The largest absolute Gasteiger partial charge is 1.00 e. The molecule has 0 N–H and O–H groups in total. The fourth-order valence-corrected chi connectivity index (χ4v) is 3.68. The van der Waals surface area contributed by atoms with E-state index < -0.39 is 0 Å². The molecule has 64 valence electrons. The number of rotatable bonds is 0. The summed E-state index contributed by atoms with van der Waals surface area (Å²) in [6, 6.07) is 0. The minimum atomic E-state index is 0. The van der Waals surface area contributed by atoms with E-state index in [0.717, 1.165) is 11.6 Å². The van der Waals surface area contributed by atoms with Crippen LogP contribution in [0, 0.1) is 0 Å². The van der Waals surface area contributed by atoms with Gasteiger partial charge in [-0.3, -0.25) is 0 Å². The maximum Gasteiger partial charge on any atom is 1.00 e. The molecule has 2 heteroatoms. The molecule has 2 aliphatic rings. The van der Waals surface area contributed by atoms with Gasteiger partial charge in [0.15, 0.2) is 0 Å². The van der Waals surface area contributed by atoms with Gasteiger partial charge in [-0.2, -0.15) is 25.3 Å². The van der Waals surface area contributed by atoms with Crippen LogP contribution in [0.2, 0.25) is 25.3 Å². The first kappa shape index (κ1) is 10.7. The van der Waals surface area contributed by atoms with Gasteiger partial charge in [-0.25, -0.2) is 0 Å². The number of hydrogen-bond donors (Lipinski definition) is 0. The summed E-state index contributed by atoms with van der Waals surface area (Å²) in [6.07, 6.45) is 9.29. The molecular weight excluding hydrogens is 138 g/mol. The van der Waals surface area contributed by atoms with Crippen LogP contribution in [0.4, 0.5) is 0 Å². The summed E-state index contributed by atoms with van der Waals surface area (Å²) in [5, 5.41) is 0. The second-order valence-electron chi connectivity index (χ2n) is 5.49. The molecule has 0 atom stereocenters. The predicted octanol–water partition coefficient (Wildman–Crippen LogP) is 0.807. The van der Waals surface area contributed by atoms with Crippen molar-refractivity contribution < 1.29 is 18.9 Å². The minimum absolute atomic E-state index is 0. The number of hydrogen-bond acceptors (Lipinski definition) is 0. The van der Waals surface area contributed by atoms with Gasteiger partial charge in [0.05, 0.1) is 0 Å². The maximum atomic E-state index is 2.56. The molecule has 2 saturated heterocycles. The summed E-state index contributed by atoms with van der Waals surface area (Å²) in [5.41, 5.74) is 0. The van der Waals surface area contributed by atoms with Crippen molar-refractivity contribution in [3.05, 3.63) is 0 Å². The fraction of sp³-hybridized carbons (Fsp3) is 1.00. The second kappa shape index (κ2) is 3.81. The van der Waals surface area contributed by atoms with Crippen LogP contribution in [0.25, 0.3) is 0 Å². The Morgan fingerprint density at radius 3 is 1.42 bits per heavy atom. The Morgan fingerprint density at radius 2 is 1.17 bits per heavy atom. The molecule has 0 amide bonds. The van der Waals surface area contributed by atoms with Crippen LogP contribution in [-0.4, -0.2) is 6.15 Å². The van der Waals surface area contributed by atoms with E-state index in [0.29, 0.717) is 0 Å². The maximum absolute atomic E-state index is 2.56. The molecular formula is C10H20BLi. The van der Waals surface area contributed by atoms with E-state index in [-0.39, 0.29) is 25.0 Å². The van der Waals surface area contributed by atoms with Crippen LogP contribution >= 0.6 is 0 Å². The molecule has 0 aromatic rings. The first-order valence-corrected chi connectivity index (χ1v) is 5.45. The summed E-state index contributed by atoms with van der Waals surface area (Å²) in [6.45, 7) is 5.13. The smallest absolute Gasteiger partial charge is 0.190 e. The molecule has 0 unspecified atom stereocenters. The van der Waals surface area contributed by atoms with Gasteiger partial charge < -0.3 is 0 Å². The van der Waals surface area contributed by atoms with Crippen molar-refractivity contribution in [3.63, 3.8) is 0 Å². The summed E-state index contributed by atoms with van der Waals surface area (Å²) in [7, 11) is 0. The summed E-state index contributed by atoms with van der Waals surface area (Å²) in [5.74, 6) is 2.25. The average molecular weight is 158 g/mol. The zero-order chi connectivity index (χ0) is 7.90. The van der Waals surface area contributed by atoms with Gasteiger partial charge in [-0.15, -0.1) is 0 Å². The zero-order valence-electron chi connectivity index (χ0n) is 8.97. The average Bonchev–Trinajstić information content (AvgIpc) is 1.82. The van der Waals surface area contributed by atoms with Gasteiger partial charge in [-0.05, 0) is 0 Å². The summed E-state index contributed by atoms with van der Waals surface area (Å²) in [4.78, 5) is 0. The molecule has 2 fully saturated rings. The molecule has 2 heterocycles. The Morgan fingerprint density at radius 1 is 0.833 bits per heavy atom. The Bertz CT molecular complexity index is 132. The second-order valence-corrected chi connectivity index (χ2v) is 5.49. The van der Waals surface area contributed by atoms with Crippen LogP contribution in [0.3, 0.4) is 0 Å².